The Kier molecular flexibility index (Phi) is 11.1. The predicted octanol–water partition coefficient (Wildman–Crippen LogP) is 4.64. The van der Waals surface area contributed by atoms with E-state index in [2.05, 4.69) is 20.8 Å². The average molecular weight is 240 g/mol. The summed E-state index contributed by atoms with van der Waals surface area (Å²) >= 11 is 0. The van der Waals surface area contributed by atoms with Crippen LogP contribution in [-0.2, 0) is 9.53 Å². The van der Waals surface area contributed by atoms with E-state index in [0.29, 0.717) is 6.61 Å². The van der Waals surface area contributed by atoms with E-state index in [1.165, 1.54) is 18.4 Å². The maximum atomic E-state index is 11.6. The van der Waals surface area contributed by atoms with Gasteiger partial charge in [-0.15, -0.1) is 0 Å². The zero-order chi connectivity index (χ0) is 12.9. The summed E-state index contributed by atoms with van der Waals surface area (Å²) in [5.74, 6) is -0.152. The Balaban J connectivity index is 4.08. The molecule has 0 radical (unpaired) electrons. The molecule has 2 nitrogen and oxygen atoms in total. The third kappa shape index (κ3) is 10.1. The number of esters is 1. The van der Waals surface area contributed by atoms with Gasteiger partial charge < -0.3 is 4.74 Å². The molecule has 2 heteroatoms. The zero-order valence-electron chi connectivity index (χ0n) is 11.8. The van der Waals surface area contributed by atoms with Crippen LogP contribution in [0.4, 0.5) is 0 Å². The molecule has 0 aromatic rings. The predicted molar refractivity (Wildman–Crippen MR) is 73.0 cm³/mol. The molecule has 0 saturated heterocycles. The summed E-state index contributed by atoms with van der Waals surface area (Å²) in [4.78, 5) is 11.6. The van der Waals surface area contributed by atoms with Gasteiger partial charge in [-0.05, 0) is 32.1 Å². The standard InChI is InChI=1S/C15H28O2/c1-4-7-10-14(11-8-5-2)13-15(16)17-12-9-6-3/h13H,4-12H2,1-3H3. The molecule has 0 unspecified atom stereocenters. The highest BCUT2D eigenvalue weighted by molar-refractivity contribution is 5.82. The third-order valence-corrected chi connectivity index (χ3v) is 2.77. The molecular weight excluding hydrogens is 212 g/mol. The fourth-order valence-electron chi connectivity index (χ4n) is 1.60. The quantitative estimate of drug-likeness (QED) is 0.316. The molecule has 0 atom stereocenters. The second-order valence-electron chi connectivity index (χ2n) is 4.53. The molecule has 0 spiro atoms. The van der Waals surface area contributed by atoms with Crippen molar-refractivity contribution in [3.8, 4) is 0 Å². The van der Waals surface area contributed by atoms with E-state index in [1.54, 1.807) is 6.08 Å². The van der Waals surface area contributed by atoms with Crippen LogP contribution in [0.1, 0.15) is 72.1 Å². The molecule has 0 fully saturated rings. The lowest BCUT2D eigenvalue weighted by atomic mass is 10.0. The summed E-state index contributed by atoms with van der Waals surface area (Å²) in [6, 6.07) is 0. The first-order valence-corrected chi connectivity index (χ1v) is 7.10. The number of carbonyl (C=O) groups is 1. The maximum Gasteiger partial charge on any atom is 0.330 e. The van der Waals surface area contributed by atoms with Crippen LogP contribution in [0.15, 0.2) is 11.6 Å². The van der Waals surface area contributed by atoms with Crippen molar-refractivity contribution in [1.29, 1.82) is 0 Å². The van der Waals surface area contributed by atoms with Gasteiger partial charge in [-0.1, -0.05) is 45.6 Å². The van der Waals surface area contributed by atoms with Crippen molar-refractivity contribution >= 4 is 5.97 Å². The molecule has 0 rings (SSSR count). The summed E-state index contributed by atoms with van der Waals surface area (Å²) in [7, 11) is 0. The Morgan fingerprint density at radius 2 is 1.47 bits per heavy atom. The molecule has 0 aromatic heterocycles. The molecule has 0 aliphatic heterocycles. The van der Waals surface area contributed by atoms with E-state index in [1.807, 2.05) is 0 Å². The lowest BCUT2D eigenvalue weighted by Crippen LogP contribution is -2.03. The number of hydrogen-bond acceptors (Lipinski definition) is 2. The van der Waals surface area contributed by atoms with Crippen LogP contribution in [0.2, 0.25) is 0 Å². The van der Waals surface area contributed by atoms with Crippen LogP contribution in [0.25, 0.3) is 0 Å². The van der Waals surface area contributed by atoms with Crippen molar-refractivity contribution in [2.45, 2.75) is 72.1 Å². The number of hydrogen-bond donors (Lipinski definition) is 0. The van der Waals surface area contributed by atoms with Crippen molar-refractivity contribution in [1.82, 2.24) is 0 Å². The number of unbranched alkanes of at least 4 members (excludes halogenated alkanes) is 3. The van der Waals surface area contributed by atoms with Crippen LogP contribution in [0, 0.1) is 0 Å². The Labute approximate surface area is 106 Å². The molecular formula is C15H28O2. The number of rotatable bonds is 10. The van der Waals surface area contributed by atoms with Crippen molar-refractivity contribution in [3.63, 3.8) is 0 Å². The number of allylic oxidation sites excluding steroid dienone is 1. The van der Waals surface area contributed by atoms with Gasteiger partial charge in [0.25, 0.3) is 0 Å². The van der Waals surface area contributed by atoms with Crippen LogP contribution in [-0.4, -0.2) is 12.6 Å². The van der Waals surface area contributed by atoms with Gasteiger partial charge in [-0.3, -0.25) is 0 Å². The molecule has 0 N–H and O–H groups in total. The monoisotopic (exact) mass is 240 g/mol. The van der Waals surface area contributed by atoms with Crippen molar-refractivity contribution in [3.05, 3.63) is 11.6 Å². The minimum absolute atomic E-state index is 0.152. The number of carbonyl (C=O) groups excluding carboxylic acids is 1. The van der Waals surface area contributed by atoms with Gasteiger partial charge >= 0.3 is 5.97 Å². The summed E-state index contributed by atoms with van der Waals surface area (Å²) in [5.41, 5.74) is 1.26. The molecule has 17 heavy (non-hydrogen) atoms. The maximum absolute atomic E-state index is 11.6. The largest absolute Gasteiger partial charge is 0.463 e. The Morgan fingerprint density at radius 3 is 1.94 bits per heavy atom. The van der Waals surface area contributed by atoms with E-state index >= 15 is 0 Å². The minimum atomic E-state index is -0.152. The highest BCUT2D eigenvalue weighted by atomic mass is 16.5. The number of ether oxygens (including phenoxy) is 1. The molecule has 100 valence electrons. The molecule has 0 bridgehead atoms. The van der Waals surface area contributed by atoms with Crippen LogP contribution in [0.5, 0.6) is 0 Å². The molecule has 0 saturated carbocycles. The summed E-state index contributed by atoms with van der Waals surface area (Å²) < 4.78 is 5.16. The van der Waals surface area contributed by atoms with E-state index in [9.17, 15) is 4.79 Å². The third-order valence-electron chi connectivity index (χ3n) is 2.77. The lowest BCUT2D eigenvalue weighted by molar-refractivity contribution is -0.137. The first-order chi connectivity index (χ1) is 8.24. The van der Waals surface area contributed by atoms with Gasteiger partial charge in [0, 0.05) is 6.08 Å². The molecule has 0 aliphatic carbocycles. The second-order valence-corrected chi connectivity index (χ2v) is 4.53. The SMILES string of the molecule is CCCCOC(=O)C=C(CCCC)CCCC. The molecule has 0 aliphatic rings. The Bertz CT molecular complexity index is 209. The van der Waals surface area contributed by atoms with Crippen LogP contribution < -0.4 is 0 Å². The van der Waals surface area contributed by atoms with Crippen molar-refractivity contribution < 1.29 is 9.53 Å². The van der Waals surface area contributed by atoms with Gasteiger partial charge in [0.05, 0.1) is 6.61 Å². The summed E-state index contributed by atoms with van der Waals surface area (Å²) in [5, 5.41) is 0. The van der Waals surface area contributed by atoms with Gasteiger partial charge in [0.2, 0.25) is 0 Å². The highest BCUT2D eigenvalue weighted by Crippen LogP contribution is 2.15. The lowest BCUT2D eigenvalue weighted by Gasteiger charge is -2.06. The van der Waals surface area contributed by atoms with Gasteiger partial charge in [0.1, 0.15) is 0 Å². The molecule has 0 amide bonds. The van der Waals surface area contributed by atoms with Crippen LogP contribution in [0.3, 0.4) is 0 Å². The molecule has 0 aromatic carbocycles. The average Bonchev–Trinajstić information content (AvgIpc) is 2.33. The van der Waals surface area contributed by atoms with E-state index in [-0.39, 0.29) is 5.97 Å². The minimum Gasteiger partial charge on any atom is -0.463 e. The van der Waals surface area contributed by atoms with E-state index < -0.39 is 0 Å². The normalized spacial score (nSPS) is 10.1. The first-order valence-electron chi connectivity index (χ1n) is 7.10. The fourth-order valence-corrected chi connectivity index (χ4v) is 1.60. The smallest absolute Gasteiger partial charge is 0.330 e. The Morgan fingerprint density at radius 1 is 0.941 bits per heavy atom. The highest BCUT2D eigenvalue weighted by Gasteiger charge is 2.03. The van der Waals surface area contributed by atoms with Crippen LogP contribution >= 0.6 is 0 Å². The van der Waals surface area contributed by atoms with E-state index in [0.717, 1.165) is 38.5 Å². The first kappa shape index (κ1) is 16.2. The molecule has 0 heterocycles. The van der Waals surface area contributed by atoms with Gasteiger partial charge in [-0.25, -0.2) is 4.79 Å². The van der Waals surface area contributed by atoms with Gasteiger partial charge in [0.15, 0.2) is 0 Å². The zero-order valence-corrected chi connectivity index (χ0v) is 11.8. The topological polar surface area (TPSA) is 26.3 Å². The van der Waals surface area contributed by atoms with Gasteiger partial charge in [-0.2, -0.15) is 0 Å². The summed E-state index contributed by atoms with van der Waals surface area (Å²) in [6.45, 7) is 7.01. The van der Waals surface area contributed by atoms with Crippen molar-refractivity contribution in [2.75, 3.05) is 6.61 Å². The fraction of sp³-hybridized carbons (Fsp3) is 0.800. The summed E-state index contributed by atoms with van der Waals surface area (Å²) in [6.07, 6.45) is 10.5. The second kappa shape index (κ2) is 11.7. The van der Waals surface area contributed by atoms with E-state index in [4.69, 9.17) is 4.74 Å². The van der Waals surface area contributed by atoms with Crippen molar-refractivity contribution in [2.24, 2.45) is 0 Å². The Hall–Kier alpha value is -0.790.